The van der Waals surface area contributed by atoms with Crippen molar-refractivity contribution in [2.75, 3.05) is 19.8 Å². The molecule has 15 atom stereocenters. The number of allylic oxidation sites excluding steroid dienone is 1. The summed E-state index contributed by atoms with van der Waals surface area (Å²) in [6.45, 7) is -1.70. The molecule has 5 aliphatic rings. The number of nitrogens with one attached hydrogen (secondary N) is 1. The smallest absolute Gasteiger partial charge is 0.252 e. The van der Waals surface area contributed by atoms with E-state index < -0.39 is 110 Å². The van der Waals surface area contributed by atoms with Gasteiger partial charge in [-0.25, -0.2) is 0 Å². The maximum absolute atomic E-state index is 13.9. The zero-order chi connectivity index (χ0) is 41.6. The Morgan fingerprint density at radius 3 is 2.33 bits per heavy atom. The van der Waals surface area contributed by atoms with Crippen LogP contribution in [0.2, 0.25) is 0 Å². The van der Waals surface area contributed by atoms with Crippen molar-refractivity contribution >= 4 is 11.5 Å². The Bertz CT molecular complexity index is 1930. The van der Waals surface area contributed by atoms with Gasteiger partial charge in [-0.05, 0) is 42.3 Å². The first-order valence-corrected chi connectivity index (χ1v) is 18.9. The van der Waals surface area contributed by atoms with Gasteiger partial charge >= 0.3 is 0 Å². The van der Waals surface area contributed by atoms with Crippen molar-refractivity contribution in [3.05, 3.63) is 88.7 Å². The summed E-state index contributed by atoms with van der Waals surface area (Å²) in [6, 6.07) is 9.34. The Morgan fingerprint density at radius 2 is 1.60 bits per heavy atom. The molecule has 0 radical (unpaired) electrons. The lowest BCUT2D eigenvalue weighted by atomic mass is 9.83. The number of benzene rings is 2. The SMILES string of the molecule is NC1CC(N)C(O[C@H]2OC(CNC(=O)c3ccccc3C3=C4C=CC(O)C=C4Oc4ccc(O)cc43)[C@@H](O)C(O)C2O)[C@H](O)C1OC1CC(N)(CO)C(O)[C@@H](CO)O1. The van der Waals surface area contributed by atoms with Gasteiger partial charge in [-0.2, -0.15) is 0 Å². The summed E-state index contributed by atoms with van der Waals surface area (Å²) in [5, 5.41) is 97.6. The van der Waals surface area contributed by atoms with Gasteiger partial charge in [0.05, 0.1) is 24.9 Å². The third-order valence-electron chi connectivity index (χ3n) is 11.3. The molecule has 2 aromatic carbocycles. The highest BCUT2D eigenvalue weighted by molar-refractivity contribution is 6.03. The van der Waals surface area contributed by atoms with Gasteiger partial charge < -0.3 is 92.2 Å². The molecule has 2 aromatic rings. The molecule has 1 amide bonds. The molecule has 0 aromatic heterocycles. The molecule has 3 fully saturated rings. The highest BCUT2D eigenvalue weighted by Crippen LogP contribution is 2.45. The van der Waals surface area contributed by atoms with Crippen molar-refractivity contribution in [3.8, 4) is 11.5 Å². The van der Waals surface area contributed by atoms with E-state index in [1.807, 2.05) is 0 Å². The number of aliphatic hydroxyl groups is 8. The molecule has 2 saturated heterocycles. The molecular weight excluding hydrogens is 764 g/mol. The molecule has 316 valence electrons. The summed E-state index contributed by atoms with van der Waals surface area (Å²) < 4.78 is 29.5. The van der Waals surface area contributed by atoms with E-state index in [4.69, 9.17) is 40.9 Å². The van der Waals surface area contributed by atoms with Crippen molar-refractivity contribution in [3.63, 3.8) is 0 Å². The monoisotopic (exact) mass is 814 g/mol. The number of amides is 1. The lowest BCUT2D eigenvalue weighted by Gasteiger charge is -2.49. The molecule has 58 heavy (non-hydrogen) atoms. The fraction of sp³-hybridized carbons (Fsp3) is 0.513. The standard InChI is InChI=1S/C39H50N4O15/c40-22-11-23(41)35(33(51)34(22)57-28-12-39(42,15-45)36(52)27(14-44)55-28)58-38-32(50)31(49)30(48)26(56-38)13-43-37(53)19-4-2-1-3-18(19)29-20-7-5-17(47)10-25(20)54-24-8-6-16(46)9-21(24)29/h1-10,17,22-23,26-28,30-36,38,44-52H,11-15,40-42H2,(H,43,53)/t17?,22?,23?,26?,27-,28?,30-,31?,32?,33-,34?,35?,36?,38-,39?/m1/s1. The number of rotatable bonds is 10. The van der Waals surface area contributed by atoms with E-state index in [2.05, 4.69) is 5.32 Å². The second-order valence-electron chi connectivity index (χ2n) is 15.3. The Labute approximate surface area is 332 Å². The van der Waals surface area contributed by atoms with E-state index in [0.29, 0.717) is 33.8 Å². The number of aliphatic hydroxyl groups excluding tert-OH is 8. The minimum Gasteiger partial charge on any atom is -0.508 e. The number of fused-ring (bicyclic) bond motifs is 2. The van der Waals surface area contributed by atoms with Crippen LogP contribution in [0.15, 0.2) is 72.0 Å². The van der Waals surface area contributed by atoms with E-state index >= 15 is 0 Å². The third kappa shape index (κ3) is 8.05. The quantitative estimate of drug-likeness (QED) is 0.110. The van der Waals surface area contributed by atoms with E-state index in [1.165, 1.54) is 18.2 Å². The summed E-state index contributed by atoms with van der Waals surface area (Å²) in [7, 11) is 0. The first-order chi connectivity index (χ1) is 27.6. The molecule has 3 aliphatic heterocycles. The van der Waals surface area contributed by atoms with Crippen molar-refractivity contribution in [2.24, 2.45) is 17.2 Å². The summed E-state index contributed by atoms with van der Waals surface area (Å²) in [5.74, 6) is 0.0879. The molecule has 7 rings (SSSR count). The molecule has 3 heterocycles. The number of ether oxygens (including phenoxy) is 5. The second kappa shape index (κ2) is 17.0. The zero-order valence-electron chi connectivity index (χ0n) is 31.1. The Kier molecular flexibility index (Phi) is 12.4. The highest BCUT2D eigenvalue weighted by atomic mass is 16.7. The topological polar surface area (TPSA) is 335 Å². The molecular formula is C39H50N4O15. The lowest BCUT2D eigenvalue weighted by Crippen LogP contribution is -2.68. The molecule has 2 aliphatic carbocycles. The maximum atomic E-state index is 13.9. The van der Waals surface area contributed by atoms with E-state index in [9.17, 15) is 50.8 Å². The molecule has 19 heteroatoms. The molecule has 11 unspecified atom stereocenters. The van der Waals surface area contributed by atoms with Gasteiger partial charge in [0.15, 0.2) is 12.6 Å². The van der Waals surface area contributed by atoms with E-state index in [1.54, 1.807) is 42.5 Å². The summed E-state index contributed by atoms with van der Waals surface area (Å²) in [6.07, 6.45) is -12.8. The number of phenolic OH excluding ortho intramolecular Hbond substituents is 1. The van der Waals surface area contributed by atoms with Crippen LogP contribution in [0.3, 0.4) is 0 Å². The number of carbonyl (C=O) groups is 1. The molecule has 1 saturated carbocycles. The number of carbonyl (C=O) groups excluding carboxylic acids is 1. The molecule has 19 nitrogen and oxygen atoms in total. The minimum atomic E-state index is -1.84. The second-order valence-corrected chi connectivity index (χ2v) is 15.3. The average Bonchev–Trinajstić information content (AvgIpc) is 3.20. The van der Waals surface area contributed by atoms with Crippen LogP contribution in [0.25, 0.3) is 5.57 Å². The van der Waals surface area contributed by atoms with Gasteiger partial charge in [0.25, 0.3) is 5.91 Å². The van der Waals surface area contributed by atoms with Gasteiger partial charge in [0.1, 0.15) is 72.2 Å². The minimum absolute atomic E-state index is 0.0217. The Hall–Kier alpha value is -3.87. The van der Waals surface area contributed by atoms with Crippen LogP contribution in [0.1, 0.15) is 34.3 Å². The van der Waals surface area contributed by atoms with Crippen molar-refractivity contribution < 1.29 is 74.4 Å². The van der Waals surface area contributed by atoms with E-state index in [-0.39, 0.29) is 30.7 Å². The highest BCUT2D eigenvalue weighted by Gasteiger charge is 2.52. The van der Waals surface area contributed by atoms with Crippen molar-refractivity contribution in [1.82, 2.24) is 5.32 Å². The van der Waals surface area contributed by atoms with Gasteiger partial charge in [0.2, 0.25) is 0 Å². The Balaban J connectivity index is 1.07. The molecule has 0 spiro atoms. The largest absolute Gasteiger partial charge is 0.508 e. The van der Waals surface area contributed by atoms with Crippen LogP contribution < -0.4 is 27.3 Å². The van der Waals surface area contributed by atoms with Crippen molar-refractivity contribution in [1.29, 1.82) is 0 Å². The fourth-order valence-electron chi connectivity index (χ4n) is 8.08. The van der Waals surface area contributed by atoms with Gasteiger partial charge in [-0.15, -0.1) is 0 Å². The van der Waals surface area contributed by atoms with Gasteiger partial charge in [-0.1, -0.05) is 30.4 Å². The zero-order valence-corrected chi connectivity index (χ0v) is 31.1. The average molecular weight is 815 g/mol. The van der Waals surface area contributed by atoms with Crippen LogP contribution in [0, 0.1) is 0 Å². The van der Waals surface area contributed by atoms with Gasteiger partial charge in [-0.3, -0.25) is 4.79 Å². The number of aromatic hydroxyl groups is 1. The molecule has 16 N–H and O–H groups in total. The summed E-state index contributed by atoms with van der Waals surface area (Å²) in [5.41, 5.74) is 19.4. The Morgan fingerprint density at radius 1 is 0.879 bits per heavy atom. The van der Waals surface area contributed by atoms with E-state index in [0.717, 1.165) is 0 Å². The summed E-state index contributed by atoms with van der Waals surface area (Å²) in [4.78, 5) is 13.9. The van der Waals surface area contributed by atoms with Crippen LogP contribution in [-0.2, 0) is 18.9 Å². The predicted molar refractivity (Wildman–Crippen MR) is 200 cm³/mol. The summed E-state index contributed by atoms with van der Waals surface area (Å²) >= 11 is 0. The first kappa shape index (κ1) is 42.3. The normalized spacial score (nSPS) is 38.6. The van der Waals surface area contributed by atoms with Crippen LogP contribution in [0.5, 0.6) is 11.5 Å². The first-order valence-electron chi connectivity index (χ1n) is 18.9. The maximum Gasteiger partial charge on any atom is 0.252 e. The third-order valence-corrected chi connectivity index (χ3v) is 11.3. The predicted octanol–water partition coefficient (Wildman–Crippen LogP) is -3.71. The van der Waals surface area contributed by atoms with Crippen LogP contribution in [-0.4, -0.2) is 163 Å². The molecule has 0 bridgehead atoms. The number of phenols is 1. The number of hydrogen-bond donors (Lipinski definition) is 13. The van der Waals surface area contributed by atoms with Crippen LogP contribution >= 0.6 is 0 Å². The number of nitrogens with two attached hydrogens (primary N) is 3. The van der Waals surface area contributed by atoms with Crippen molar-refractivity contribution in [2.45, 2.75) is 104 Å². The lowest BCUT2D eigenvalue weighted by molar-refractivity contribution is -0.327. The van der Waals surface area contributed by atoms with Crippen LogP contribution in [0.4, 0.5) is 0 Å². The number of hydrogen-bond acceptors (Lipinski definition) is 18. The van der Waals surface area contributed by atoms with Gasteiger partial charge in [0, 0.05) is 47.3 Å². The fourth-order valence-corrected chi connectivity index (χ4v) is 8.08.